The van der Waals surface area contributed by atoms with E-state index in [1.54, 1.807) is 0 Å². The van der Waals surface area contributed by atoms with Gasteiger partial charge in [-0.25, -0.2) is 4.79 Å². The lowest BCUT2D eigenvalue weighted by Crippen LogP contribution is -2.60. The molecule has 2 saturated carbocycles. The maximum atomic E-state index is 13.5. The number of ether oxygens (including phenoxy) is 2. The molecule has 0 aromatic heterocycles. The molecular formula is C32H36O12. The molecule has 0 unspecified atom stereocenters. The van der Waals surface area contributed by atoms with Crippen LogP contribution in [-0.2, 0) is 23.9 Å². The number of aromatic hydroxyl groups is 4. The summed E-state index contributed by atoms with van der Waals surface area (Å²) < 4.78 is 11.8. The predicted octanol–water partition coefficient (Wildman–Crippen LogP) is 2.82. The number of carboxylic acid groups (broad SMARTS) is 1. The van der Waals surface area contributed by atoms with E-state index in [1.807, 2.05) is 0 Å². The second kappa shape index (κ2) is 13.6. The fourth-order valence-corrected chi connectivity index (χ4v) is 5.59. The van der Waals surface area contributed by atoms with Crippen LogP contribution in [0.1, 0.15) is 56.1 Å². The first-order valence-electron chi connectivity index (χ1n) is 14.2. The van der Waals surface area contributed by atoms with Crippen LogP contribution in [0.25, 0.3) is 12.2 Å². The topological polar surface area (TPSA) is 211 Å². The number of aliphatic hydroxyl groups excluding tert-OH is 2. The van der Waals surface area contributed by atoms with Gasteiger partial charge in [-0.05, 0) is 60.4 Å². The van der Waals surface area contributed by atoms with Crippen LogP contribution in [0.15, 0.2) is 48.6 Å². The Bertz CT molecular complexity index is 1440. The Hall–Kier alpha value is -4.23. The molecule has 2 aliphatic carbocycles. The van der Waals surface area contributed by atoms with E-state index < -0.39 is 66.5 Å². The number of ketones is 2. The summed E-state index contributed by atoms with van der Waals surface area (Å²) in [6.45, 7) is -0.686. The van der Waals surface area contributed by atoms with Gasteiger partial charge in [0.05, 0.1) is 12.2 Å². The molecule has 0 spiro atoms. The summed E-state index contributed by atoms with van der Waals surface area (Å²) in [5.41, 5.74) is -2.70. The number of carbonyl (C=O) groups is 3. The highest BCUT2D eigenvalue weighted by Crippen LogP contribution is 2.41. The first kappa shape index (κ1) is 32.7. The molecule has 0 bridgehead atoms. The number of carbonyl (C=O) groups excluding carboxylic acids is 2. The van der Waals surface area contributed by atoms with E-state index in [-0.39, 0.29) is 35.8 Å². The van der Waals surface area contributed by atoms with Crippen LogP contribution in [0.3, 0.4) is 0 Å². The second-order valence-corrected chi connectivity index (χ2v) is 11.3. The molecule has 2 aromatic carbocycles. The Labute approximate surface area is 253 Å². The zero-order chi connectivity index (χ0) is 32.1. The fourth-order valence-electron chi connectivity index (χ4n) is 5.59. The van der Waals surface area contributed by atoms with Crippen molar-refractivity contribution in [1.82, 2.24) is 0 Å². The number of carboxylic acids is 1. The first-order valence-corrected chi connectivity index (χ1v) is 14.2. The van der Waals surface area contributed by atoms with Gasteiger partial charge in [0.15, 0.2) is 40.2 Å². The molecule has 0 heterocycles. The molecule has 2 aliphatic rings. The average Bonchev–Trinajstić information content (AvgIpc) is 2.99. The lowest BCUT2D eigenvalue weighted by molar-refractivity contribution is -0.227. The molecule has 0 saturated heterocycles. The van der Waals surface area contributed by atoms with Gasteiger partial charge in [-0.2, -0.15) is 0 Å². The summed E-state index contributed by atoms with van der Waals surface area (Å²) in [4.78, 5) is 38.6. The van der Waals surface area contributed by atoms with Crippen molar-refractivity contribution in [3.8, 4) is 23.0 Å². The molecule has 0 aliphatic heterocycles. The minimum absolute atomic E-state index is 0.285. The van der Waals surface area contributed by atoms with Crippen LogP contribution in [0.4, 0.5) is 0 Å². The Kier molecular flexibility index (Phi) is 10.1. The number of benzene rings is 2. The summed E-state index contributed by atoms with van der Waals surface area (Å²) in [5, 5.41) is 70.0. The van der Waals surface area contributed by atoms with Gasteiger partial charge in [-0.1, -0.05) is 43.5 Å². The van der Waals surface area contributed by atoms with Crippen LogP contribution >= 0.6 is 0 Å². The molecule has 12 heteroatoms. The Morgan fingerprint density at radius 2 is 1.34 bits per heavy atom. The van der Waals surface area contributed by atoms with Gasteiger partial charge >= 0.3 is 5.97 Å². The van der Waals surface area contributed by atoms with Crippen LogP contribution in [-0.4, -0.2) is 89.4 Å². The Morgan fingerprint density at radius 3 is 1.89 bits per heavy atom. The van der Waals surface area contributed by atoms with Crippen LogP contribution in [0.5, 0.6) is 23.0 Å². The fraction of sp³-hybridized carbons (Fsp3) is 0.406. The highest BCUT2D eigenvalue weighted by atomic mass is 16.6. The van der Waals surface area contributed by atoms with E-state index in [0.717, 1.165) is 12.5 Å². The first-order chi connectivity index (χ1) is 20.8. The molecule has 236 valence electrons. The van der Waals surface area contributed by atoms with Crippen molar-refractivity contribution in [2.45, 2.75) is 74.5 Å². The largest absolute Gasteiger partial charge is 0.504 e. The predicted molar refractivity (Wildman–Crippen MR) is 156 cm³/mol. The number of hydrogen-bond acceptors (Lipinski definition) is 11. The third kappa shape index (κ3) is 7.45. The molecule has 0 radical (unpaired) electrons. The highest BCUT2D eigenvalue weighted by Gasteiger charge is 2.54. The summed E-state index contributed by atoms with van der Waals surface area (Å²) >= 11 is 0. The number of aliphatic hydroxyl groups is 2. The quantitative estimate of drug-likeness (QED) is 0.144. The van der Waals surface area contributed by atoms with Gasteiger partial charge in [0, 0.05) is 12.8 Å². The molecule has 4 atom stereocenters. The molecule has 2 aromatic rings. The highest BCUT2D eigenvalue weighted by molar-refractivity contribution is 6.00. The standard InChI is InChI=1S/C32H36O12/c33-21(8-4-19-5-9-22(34)24(36)14-19)18-43-32(30(41)42)16-26(38)29(40)27(17-32)44-31(12-2-1-3-13-31)28(39)11-7-20-6-10-23(35)25(37)15-20/h4-11,14-15,26-27,29,34-38,40H,1-3,12-13,16-18H2,(H,41,42)/b8-4+,11-7+/t26-,27-,29-,32+/m1/s1. The van der Waals surface area contributed by atoms with E-state index in [1.165, 1.54) is 54.6 Å². The number of hydrogen-bond donors (Lipinski definition) is 7. The summed E-state index contributed by atoms with van der Waals surface area (Å²) in [6, 6.07) is 7.96. The third-order valence-corrected chi connectivity index (χ3v) is 8.10. The van der Waals surface area contributed by atoms with Crippen LogP contribution < -0.4 is 0 Å². The molecule has 7 N–H and O–H groups in total. The molecular weight excluding hydrogens is 576 g/mol. The lowest BCUT2D eigenvalue weighted by Gasteiger charge is -2.46. The average molecular weight is 613 g/mol. The minimum Gasteiger partial charge on any atom is -0.504 e. The van der Waals surface area contributed by atoms with Crippen molar-refractivity contribution >= 4 is 29.7 Å². The number of rotatable bonds is 11. The van der Waals surface area contributed by atoms with E-state index in [9.17, 15) is 50.1 Å². The maximum absolute atomic E-state index is 13.5. The van der Waals surface area contributed by atoms with Crippen LogP contribution in [0, 0.1) is 0 Å². The van der Waals surface area contributed by atoms with Crippen molar-refractivity contribution in [2.75, 3.05) is 6.61 Å². The third-order valence-electron chi connectivity index (χ3n) is 8.10. The van der Waals surface area contributed by atoms with Crippen molar-refractivity contribution in [3.63, 3.8) is 0 Å². The monoisotopic (exact) mass is 612 g/mol. The number of phenolic OH excluding ortho intramolecular Hbond substituents is 4. The minimum atomic E-state index is -2.11. The SMILES string of the molecule is O=C(/C=C/c1ccc(O)c(O)c1)CO[C@@]1(C(=O)O)C[C@@H](O)[C@@H](O)[C@H](OC2(C(=O)/C=C/c3ccc(O)c(O)c3)CCCCC2)C1. The zero-order valence-electron chi connectivity index (χ0n) is 23.8. The van der Waals surface area contributed by atoms with Crippen molar-refractivity contribution in [3.05, 3.63) is 59.7 Å². The van der Waals surface area contributed by atoms with E-state index in [4.69, 9.17) is 9.47 Å². The van der Waals surface area contributed by atoms with Crippen molar-refractivity contribution in [2.24, 2.45) is 0 Å². The van der Waals surface area contributed by atoms with E-state index in [2.05, 4.69) is 0 Å². The van der Waals surface area contributed by atoms with Crippen LogP contribution in [0.2, 0.25) is 0 Å². The molecule has 4 rings (SSSR count). The molecule has 44 heavy (non-hydrogen) atoms. The summed E-state index contributed by atoms with van der Waals surface area (Å²) in [5.74, 6) is -3.94. The summed E-state index contributed by atoms with van der Waals surface area (Å²) in [6.07, 6.45) is 2.39. The zero-order valence-corrected chi connectivity index (χ0v) is 23.8. The van der Waals surface area contributed by atoms with Gasteiger partial charge in [0.1, 0.15) is 18.3 Å². The molecule has 0 amide bonds. The molecule has 12 nitrogen and oxygen atoms in total. The smallest absolute Gasteiger partial charge is 0.336 e. The number of phenols is 4. The normalized spacial score (nSPS) is 25.3. The van der Waals surface area contributed by atoms with E-state index >= 15 is 0 Å². The van der Waals surface area contributed by atoms with E-state index in [0.29, 0.717) is 24.0 Å². The Balaban J connectivity index is 1.51. The van der Waals surface area contributed by atoms with Gasteiger partial charge in [0.25, 0.3) is 0 Å². The lowest BCUT2D eigenvalue weighted by atomic mass is 9.77. The second-order valence-electron chi connectivity index (χ2n) is 11.3. The van der Waals surface area contributed by atoms with Gasteiger partial charge in [-0.3, -0.25) is 9.59 Å². The maximum Gasteiger partial charge on any atom is 0.336 e. The summed E-state index contributed by atoms with van der Waals surface area (Å²) in [7, 11) is 0. The molecule has 2 fully saturated rings. The van der Waals surface area contributed by atoms with Gasteiger partial charge < -0.3 is 45.2 Å². The van der Waals surface area contributed by atoms with Gasteiger partial charge in [0.2, 0.25) is 0 Å². The Morgan fingerprint density at radius 1 is 0.773 bits per heavy atom. The van der Waals surface area contributed by atoms with Gasteiger partial charge in [-0.15, -0.1) is 0 Å². The van der Waals surface area contributed by atoms with Crippen molar-refractivity contribution < 1.29 is 59.6 Å². The van der Waals surface area contributed by atoms with Crippen molar-refractivity contribution in [1.29, 1.82) is 0 Å². The number of aliphatic carboxylic acids is 1.